The van der Waals surface area contributed by atoms with Gasteiger partial charge in [-0.05, 0) is 28.9 Å². The van der Waals surface area contributed by atoms with Gasteiger partial charge in [0.1, 0.15) is 5.38 Å². The number of amides is 1. The lowest BCUT2D eigenvalue weighted by atomic mass is 9.82. The summed E-state index contributed by atoms with van der Waals surface area (Å²) in [7, 11) is 0. The summed E-state index contributed by atoms with van der Waals surface area (Å²) < 4.78 is 0.162. The number of nitrogens with one attached hydrogen (secondary N) is 1. The van der Waals surface area contributed by atoms with Gasteiger partial charge in [-0.25, -0.2) is 4.79 Å². The number of carboxylic acids is 1. The van der Waals surface area contributed by atoms with Crippen molar-refractivity contribution in [1.82, 2.24) is 0 Å². The summed E-state index contributed by atoms with van der Waals surface area (Å²) in [6.07, 6.45) is 0. The molecular formula is C18H11BrClNO5. The van der Waals surface area contributed by atoms with Crippen molar-refractivity contribution in [2.24, 2.45) is 0 Å². The molecule has 0 heterocycles. The number of carboxylic acid groups (broad SMARTS) is 1. The summed E-state index contributed by atoms with van der Waals surface area (Å²) >= 11 is 8.93. The molecule has 1 aliphatic rings. The van der Waals surface area contributed by atoms with E-state index >= 15 is 0 Å². The summed E-state index contributed by atoms with van der Waals surface area (Å²) in [6.45, 7) is 1.41. The fourth-order valence-corrected chi connectivity index (χ4v) is 3.43. The Labute approximate surface area is 161 Å². The van der Waals surface area contributed by atoms with E-state index in [-0.39, 0.29) is 38.0 Å². The molecule has 3 rings (SSSR count). The topological polar surface area (TPSA) is 101 Å². The standard InChI is InChI=1S/C18H11BrClNO5/c1-7(20)17(24)21-14-10(18(25)26)6-11(19)12-13(14)16(23)9-5-3-2-4-8(9)15(12)22/h2-7H,1H3,(H,21,24)(H,25,26). The number of benzene rings is 2. The predicted octanol–water partition coefficient (Wildman–Crippen LogP) is 3.49. The van der Waals surface area contributed by atoms with Crippen LogP contribution in [0.1, 0.15) is 49.1 Å². The molecule has 2 N–H and O–H groups in total. The van der Waals surface area contributed by atoms with Crippen molar-refractivity contribution < 1.29 is 24.3 Å². The molecule has 0 fully saturated rings. The molecule has 0 saturated carbocycles. The number of carbonyl (C=O) groups is 4. The smallest absolute Gasteiger partial charge is 0.337 e. The molecule has 1 amide bonds. The highest BCUT2D eigenvalue weighted by atomic mass is 79.9. The first-order valence-corrected chi connectivity index (χ1v) is 8.70. The molecule has 8 heteroatoms. The van der Waals surface area contributed by atoms with Crippen LogP contribution in [0.4, 0.5) is 5.69 Å². The van der Waals surface area contributed by atoms with E-state index in [1.807, 2.05) is 0 Å². The van der Waals surface area contributed by atoms with E-state index in [0.717, 1.165) is 0 Å². The largest absolute Gasteiger partial charge is 0.478 e. The number of halogens is 2. The lowest BCUT2D eigenvalue weighted by Gasteiger charge is -2.23. The molecule has 2 aromatic rings. The molecule has 1 unspecified atom stereocenters. The second-order valence-corrected chi connectivity index (χ2v) is 7.15. The zero-order chi connectivity index (χ0) is 19.2. The highest BCUT2D eigenvalue weighted by molar-refractivity contribution is 9.10. The first-order valence-electron chi connectivity index (χ1n) is 7.47. The molecule has 1 atom stereocenters. The average molecular weight is 437 g/mol. The van der Waals surface area contributed by atoms with E-state index < -0.39 is 28.8 Å². The van der Waals surface area contributed by atoms with Gasteiger partial charge in [-0.3, -0.25) is 14.4 Å². The first-order chi connectivity index (χ1) is 12.2. The summed E-state index contributed by atoms with van der Waals surface area (Å²) in [5.74, 6) is -3.02. The van der Waals surface area contributed by atoms with Gasteiger partial charge in [0.2, 0.25) is 5.91 Å². The van der Waals surface area contributed by atoms with Crippen LogP contribution in [0.2, 0.25) is 0 Å². The maximum Gasteiger partial charge on any atom is 0.337 e. The number of hydrogen-bond acceptors (Lipinski definition) is 4. The van der Waals surface area contributed by atoms with Gasteiger partial charge in [-0.2, -0.15) is 0 Å². The number of anilines is 1. The molecule has 6 nitrogen and oxygen atoms in total. The van der Waals surface area contributed by atoms with Crippen molar-refractivity contribution >= 4 is 56.7 Å². The molecule has 26 heavy (non-hydrogen) atoms. The van der Waals surface area contributed by atoms with Crippen LogP contribution in [0.5, 0.6) is 0 Å². The van der Waals surface area contributed by atoms with Crippen LogP contribution in [0.25, 0.3) is 0 Å². The molecule has 0 bridgehead atoms. The number of fused-ring (bicyclic) bond motifs is 2. The number of hydrogen-bond donors (Lipinski definition) is 2. The number of aromatic carboxylic acids is 1. The normalized spacial score (nSPS) is 13.7. The van der Waals surface area contributed by atoms with Gasteiger partial charge < -0.3 is 10.4 Å². The van der Waals surface area contributed by atoms with Crippen LogP contribution in [-0.4, -0.2) is 33.9 Å². The van der Waals surface area contributed by atoms with Crippen LogP contribution in [-0.2, 0) is 4.79 Å². The Balaban J connectivity index is 2.35. The van der Waals surface area contributed by atoms with Gasteiger partial charge in [-0.1, -0.05) is 24.3 Å². The molecule has 1 aliphatic carbocycles. The van der Waals surface area contributed by atoms with Crippen LogP contribution in [0.3, 0.4) is 0 Å². The molecule has 0 aromatic heterocycles. The average Bonchev–Trinajstić information content (AvgIpc) is 2.60. The van der Waals surface area contributed by atoms with Crippen LogP contribution >= 0.6 is 27.5 Å². The Bertz CT molecular complexity index is 999. The van der Waals surface area contributed by atoms with E-state index in [1.165, 1.54) is 25.1 Å². The van der Waals surface area contributed by atoms with Crippen molar-refractivity contribution in [1.29, 1.82) is 0 Å². The Kier molecular flexibility index (Phi) is 4.68. The molecule has 0 aliphatic heterocycles. The minimum Gasteiger partial charge on any atom is -0.478 e. The molecule has 0 spiro atoms. The predicted molar refractivity (Wildman–Crippen MR) is 98.4 cm³/mol. The Morgan fingerprint density at radius 1 is 1.12 bits per heavy atom. The lowest BCUT2D eigenvalue weighted by molar-refractivity contribution is -0.115. The van der Waals surface area contributed by atoms with Gasteiger partial charge in [-0.15, -0.1) is 11.6 Å². The van der Waals surface area contributed by atoms with E-state index in [2.05, 4.69) is 21.2 Å². The van der Waals surface area contributed by atoms with Crippen molar-refractivity contribution in [3.8, 4) is 0 Å². The number of rotatable bonds is 3. The summed E-state index contributed by atoms with van der Waals surface area (Å²) in [6, 6.07) is 7.43. The second kappa shape index (κ2) is 6.66. The maximum absolute atomic E-state index is 13.0. The SMILES string of the molecule is CC(Cl)C(=O)Nc1c(C(=O)O)cc(Br)c2c1C(=O)c1ccccc1C2=O. The van der Waals surface area contributed by atoms with Gasteiger partial charge in [0.25, 0.3) is 0 Å². The van der Waals surface area contributed by atoms with Crippen LogP contribution in [0, 0.1) is 0 Å². The Hall–Kier alpha value is -2.51. The highest BCUT2D eigenvalue weighted by Crippen LogP contribution is 2.38. The monoisotopic (exact) mass is 435 g/mol. The third kappa shape index (κ3) is 2.83. The molecule has 2 aromatic carbocycles. The van der Waals surface area contributed by atoms with Gasteiger partial charge in [0.15, 0.2) is 11.6 Å². The molecule has 132 valence electrons. The zero-order valence-corrected chi connectivity index (χ0v) is 15.6. The fourth-order valence-electron chi connectivity index (χ4n) is 2.77. The minimum absolute atomic E-state index is 0.0104. The minimum atomic E-state index is -1.36. The van der Waals surface area contributed by atoms with Crippen molar-refractivity contribution in [3.63, 3.8) is 0 Å². The maximum atomic E-state index is 13.0. The van der Waals surface area contributed by atoms with Crippen LogP contribution < -0.4 is 5.32 Å². The Morgan fingerprint density at radius 3 is 2.15 bits per heavy atom. The molecular weight excluding hydrogens is 426 g/mol. The number of alkyl halides is 1. The highest BCUT2D eigenvalue weighted by Gasteiger charge is 2.36. The first kappa shape index (κ1) is 18.3. The fraction of sp³-hybridized carbons (Fsp3) is 0.111. The van der Waals surface area contributed by atoms with E-state index in [1.54, 1.807) is 12.1 Å². The van der Waals surface area contributed by atoms with Gasteiger partial charge in [0, 0.05) is 15.6 Å². The molecule has 0 radical (unpaired) electrons. The quantitative estimate of drug-likeness (QED) is 0.612. The number of ketones is 2. The lowest BCUT2D eigenvalue weighted by Crippen LogP contribution is -2.28. The van der Waals surface area contributed by atoms with Crippen molar-refractivity contribution in [3.05, 3.63) is 62.6 Å². The molecule has 0 saturated heterocycles. The van der Waals surface area contributed by atoms with Crippen LogP contribution in [0.15, 0.2) is 34.8 Å². The van der Waals surface area contributed by atoms with E-state index in [4.69, 9.17) is 11.6 Å². The van der Waals surface area contributed by atoms with Crippen molar-refractivity contribution in [2.45, 2.75) is 12.3 Å². The third-order valence-electron chi connectivity index (χ3n) is 3.99. The van der Waals surface area contributed by atoms with Gasteiger partial charge in [0.05, 0.1) is 22.4 Å². The summed E-state index contributed by atoms with van der Waals surface area (Å²) in [4.78, 5) is 49.6. The van der Waals surface area contributed by atoms with Gasteiger partial charge >= 0.3 is 5.97 Å². The summed E-state index contributed by atoms with van der Waals surface area (Å²) in [5, 5.41) is 10.9. The zero-order valence-electron chi connectivity index (χ0n) is 13.3. The summed E-state index contributed by atoms with van der Waals surface area (Å²) in [5.41, 5.74) is -0.337. The van der Waals surface area contributed by atoms with Crippen molar-refractivity contribution in [2.75, 3.05) is 5.32 Å². The van der Waals surface area contributed by atoms with E-state index in [0.29, 0.717) is 0 Å². The van der Waals surface area contributed by atoms with E-state index in [9.17, 15) is 24.3 Å². The number of carbonyl (C=O) groups excluding carboxylic acids is 3. The second-order valence-electron chi connectivity index (χ2n) is 5.65. The third-order valence-corrected chi connectivity index (χ3v) is 4.81. The Morgan fingerprint density at radius 2 is 1.65 bits per heavy atom.